The molecule has 0 spiro atoms. The molecule has 1 unspecified atom stereocenters. The first-order valence-electron chi connectivity index (χ1n) is 9.29. The number of nitrogens with two attached hydrogens (primary N) is 1. The van der Waals surface area contributed by atoms with E-state index in [-0.39, 0.29) is 11.6 Å². The second-order valence-electron chi connectivity index (χ2n) is 7.02. The molecule has 3 heterocycles. The summed E-state index contributed by atoms with van der Waals surface area (Å²) in [6.45, 7) is 0. The van der Waals surface area contributed by atoms with E-state index in [0.29, 0.717) is 0 Å². The van der Waals surface area contributed by atoms with Crippen molar-refractivity contribution in [3.05, 3.63) is 96.0 Å². The minimum Gasteiger partial charge on any atom is -0.508 e. The van der Waals surface area contributed by atoms with Gasteiger partial charge in [0.1, 0.15) is 17.4 Å². The summed E-state index contributed by atoms with van der Waals surface area (Å²) in [5.41, 5.74) is 10.7. The Morgan fingerprint density at radius 1 is 1.07 bits per heavy atom. The summed E-state index contributed by atoms with van der Waals surface area (Å²) in [5.74, 6) is 0.705. The molecule has 5 rings (SSSR count). The number of hydrogen-bond acceptors (Lipinski definition) is 5. The van der Waals surface area contributed by atoms with E-state index in [4.69, 9.17) is 10.8 Å². The highest BCUT2D eigenvalue weighted by atomic mass is 16.3. The van der Waals surface area contributed by atoms with E-state index >= 15 is 0 Å². The molecular weight excluding hydrogens is 364 g/mol. The van der Waals surface area contributed by atoms with Crippen molar-refractivity contribution in [3.8, 4) is 16.9 Å². The number of fused-ring (bicyclic) bond motifs is 1. The zero-order valence-electron chi connectivity index (χ0n) is 15.8. The Hall–Kier alpha value is -4.00. The van der Waals surface area contributed by atoms with E-state index in [2.05, 4.69) is 10.3 Å². The van der Waals surface area contributed by atoms with Crippen molar-refractivity contribution in [1.29, 1.82) is 0 Å². The van der Waals surface area contributed by atoms with E-state index in [1.165, 1.54) is 0 Å². The normalized spacial score (nSPS) is 15.8. The summed E-state index contributed by atoms with van der Waals surface area (Å²) in [4.78, 5) is 4.09. The van der Waals surface area contributed by atoms with Crippen LogP contribution in [-0.2, 0) is 7.05 Å². The number of anilines is 1. The van der Waals surface area contributed by atoms with Crippen molar-refractivity contribution in [1.82, 2.24) is 19.3 Å². The Morgan fingerprint density at radius 3 is 2.52 bits per heavy atom. The molecule has 7 nitrogen and oxygen atoms in total. The van der Waals surface area contributed by atoms with Gasteiger partial charge in [0.25, 0.3) is 0 Å². The fourth-order valence-corrected chi connectivity index (χ4v) is 3.83. The van der Waals surface area contributed by atoms with Crippen LogP contribution in [-0.4, -0.2) is 24.4 Å². The van der Waals surface area contributed by atoms with Crippen LogP contribution in [0.15, 0.2) is 84.9 Å². The Bertz CT molecular complexity index is 1190. The summed E-state index contributed by atoms with van der Waals surface area (Å²) in [5, 5.41) is 18.7. The van der Waals surface area contributed by atoms with Crippen molar-refractivity contribution in [2.45, 2.75) is 5.92 Å². The molecule has 1 atom stereocenters. The van der Waals surface area contributed by atoms with Gasteiger partial charge in [-0.1, -0.05) is 42.5 Å². The number of nitrogens with one attached hydrogen (secondary N) is 1. The molecule has 0 amide bonds. The highest BCUT2D eigenvalue weighted by Gasteiger charge is 2.34. The van der Waals surface area contributed by atoms with Crippen LogP contribution in [0.25, 0.3) is 16.9 Å². The highest BCUT2D eigenvalue weighted by Crippen LogP contribution is 2.44. The number of aliphatic hydroxyl groups is 1. The third kappa shape index (κ3) is 2.75. The van der Waals surface area contributed by atoms with E-state index in [1.807, 2.05) is 72.4 Å². The van der Waals surface area contributed by atoms with Crippen LogP contribution in [0.5, 0.6) is 0 Å². The Labute approximate surface area is 167 Å². The number of nitrogens with zero attached hydrogens (tertiary/aromatic N) is 4. The van der Waals surface area contributed by atoms with Crippen LogP contribution >= 0.6 is 0 Å². The third-order valence-electron chi connectivity index (χ3n) is 5.25. The van der Waals surface area contributed by atoms with Gasteiger partial charge in [-0.2, -0.15) is 5.10 Å². The fraction of sp³-hybridized carbons (Fsp3) is 0.0909. The van der Waals surface area contributed by atoms with Crippen LogP contribution in [0.1, 0.15) is 17.0 Å². The summed E-state index contributed by atoms with van der Waals surface area (Å²) in [7, 11) is 1.87. The van der Waals surface area contributed by atoms with Gasteiger partial charge >= 0.3 is 0 Å². The first-order valence-corrected chi connectivity index (χ1v) is 9.29. The van der Waals surface area contributed by atoms with Gasteiger partial charge in [-0.05, 0) is 17.7 Å². The smallest absolute Gasteiger partial charge is 0.144 e. The van der Waals surface area contributed by atoms with Crippen LogP contribution in [0.2, 0.25) is 0 Å². The van der Waals surface area contributed by atoms with Crippen molar-refractivity contribution >= 4 is 5.82 Å². The molecule has 0 saturated carbocycles. The molecule has 4 aromatic rings. The number of aliphatic hydroxyl groups excluding tert-OH is 1. The van der Waals surface area contributed by atoms with Gasteiger partial charge in [0.05, 0.1) is 17.9 Å². The van der Waals surface area contributed by atoms with E-state index in [0.717, 1.165) is 33.9 Å². The molecule has 2 aromatic heterocycles. The lowest BCUT2D eigenvalue weighted by Crippen LogP contribution is -2.24. The van der Waals surface area contributed by atoms with E-state index < -0.39 is 5.92 Å². The summed E-state index contributed by atoms with van der Waals surface area (Å²) in [6, 6.07) is 18.0. The lowest BCUT2D eigenvalue weighted by atomic mass is 9.85. The molecule has 0 fully saturated rings. The molecule has 0 saturated heterocycles. The largest absolute Gasteiger partial charge is 0.508 e. The van der Waals surface area contributed by atoms with Gasteiger partial charge in [0, 0.05) is 36.3 Å². The van der Waals surface area contributed by atoms with Gasteiger partial charge < -0.3 is 20.7 Å². The van der Waals surface area contributed by atoms with Crippen LogP contribution in [0.4, 0.5) is 5.82 Å². The zero-order chi connectivity index (χ0) is 20.0. The third-order valence-corrected chi connectivity index (χ3v) is 5.25. The average Bonchev–Trinajstić information content (AvgIpc) is 3.39. The van der Waals surface area contributed by atoms with Crippen molar-refractivity contribution in [3.63, 3.8) is 0 Å². The lowest BCUT2D eigenvalue weighted by molar-refractivity contribution is 0.372. The minimum absolute atomic E-state index is 0.0954. The van der Waals surface area contributed by atoms with Gasteiger partial charge in [-0.25, -0.2) is 4.98 Å². The van der Waals surface area contributed by atoms with E-state index in [1.54, 1.807) is 17.2 Å². The molecule has 29 heavy (non-hydrogen) atoms. The van der Waals surface area contributed by atoms with Gasteiger partial charge in [-0.3, -0.25) is 4.68 Å². The Kier molecular flexibility index (Phi) is 3.87. The van der Waals surface area contributed by atoms with Gasteiger partial charge in [0.2, 0.25) is 0 Å². The molecule has 1 aliphatic heterocycles. The maximum Gasteiger partial charge on any atom is 0.144 e. The number of hydrogen-bond donors (Lipinski definition) is 3. The minimum atomic E-state index is -0.410. The second-order valence-corrected chi connectivity index (χ2v) is 7.02. The number of aromatic nitrogens is 4. The molecule has 2 aromatic carbocycles. The molecule has 1 aliphatic rings. The van der Waals surface area contributed by atoms with Gasteiger partial charge in [0.15, 0.2) is 0 Å². The molecule has 0 aliphatic carbocycles. The molecule has 7 heteroatoms. The number of allylic oxidation sites excluding steroid dienone is 1. The first kappa shape index (κ1) is 17.1. The second kappa shape index (κ2) is 6.56. The maximum absolute atomic E-state index is 10.9. The number of rotatable bonds is 3. The Balaban J connectivity index is 1.66. The highest BCUT2D eigenvalue weighted by molar-refractivity contribution is 5.75. The molecular formula is C22H20N6O. The van der Waals surface area contributed by atoms with Crippen LogP contribution in [0, 0.1) is 0 Å². The topological polar surface area (TPSA) is 93.9 Å². The molecule has 0 bridgehead atoms. The summed E-state index contributed by atoms with van der Waals surface area (Å²) >= 11 is 0. The SMILES string of the molecule is Cn1nc(-c2ccccc2)c2c1NC(N)=C(O)C2c1ccc(-n2ccnc2)cc1. The Morgan fingerprint density at radius 2 is 1.83 bits per heavy atom. The fourth-order valence-electron chi connectivity index (χ4n) is 3.83. The monoisotopic (exact) mass is 384 g/mol. The lowest BCUT2D eigenvalue weighted by Gasteiger charge is -2.26. The standard InChI is InChI=1S/C22H20N6O/c1-27-22-18(19(26-27)15-5-3-2-4-6-15)17(20(29)21(23)25-22)14-7-9-16(10-8-14)28-12-11-24-13-28/h2-13,17,25,29H,23H2,1H3. The summed E-state index contributed by atoms with van der Waals surface area (Å²) in [6.07, 6.45) is 5.38. The zero-order valence-corrected chi connectivity index (χ0v) is 15.8. The van der Waals surface area contributed by atoms with Crippen LogP contribution < -0.4 is 11.1 Å². The average molecular weight is 384 g/mol. The quantitative estimate of drug-likeness (QED) is 0.502. The number of aryl methyl sites for hydroxylation is 1. The molecule has 0 radical (unpaired) electrons. The number of benzene rings is 2. The number of imidazole rings is 1. The predicted molar refractivity (Wildman–Crippen MR) is 112 cm³/mol. The van der Waals surface area contributed by atoms with Crippen molar-refractivity contribution in [2.24, 2.45) is 12.8 Å². The van der Waals surface area contributed by atoms with Crippen molar-refractivity contribution < 1.29 is 5.11 Å². The van der Waals surface area contributed by atoms with Gasteiger partial charge in [-0.15, -0.1) is 0 Å². The van der Waals surface area contributed by atoms with Crippen LogP contribution in [0.3, 0.4) is 0 Å². The molecule has 144 valence electrons. The first-order chi connectivity index (χ1) is 14.1. The summed E-state index contributed by atoms with van der Waals surface area (Å²) < 4.78 is 3.70. The predicted octanol–water partition coefficient (Wildman–Crippen LogP) is 3.52. The van der Waals surface area contributed by atoms with Crippen molar-refractivity contribution in [2.75, 3.05) is 5.32 Å². The van der Waals surface area contributed by atoms with E-state index in [9.17, 15) is 5.11 Å². The maximum atomic E-state index is 10.9. The molecule has 4 N–H and O–H groups in total.